The summed E-state index contributed by atoms with van der Waals surface area (Å²) in [7, 11) is 1.68. The first kappa shape index (κ1) is 17.6. The number of benzene rings is 3. The molecule has 0 aliphatic carbocycles. The Morgan fingerprint density at radius 3 is 2.56 bits per heavy atom. The topological polar surface area (TPSA) is 39.9 Å². The standard InChI is InChI=1S/C22H21N3OS/c1-3-25-21(19-13-6-7-14-20(19)26-2)23-24-22(25)27-15-17-11-8-10-16-9-4-5-12-18(16)17/h4-14H,3,15H2,1-2H3. The Labute approximate surface area is 163 Å². The van der Waals surface area contributed by atoms with Gasteiger partial charge < -0.3 is 9.30 Å². The van der Waals surface area contributed by atoms with Crippen LogP contribution in [0.1, 0.15) is 12.5 Å². The fourth-order valence-electron chi connectivity index (χ4n) is 3.27. The number of hydrogen-bond donors (Lipinski definition) is 0. The monoisotopic (exact) mass is 375 g/mol. The normalized spacial score (nSPS) is 11.0. The van der Waals surface area contributed by atoms with Gasteiger partial charge in [0.25, 0.3) is 0 Å². The van der Waals surface area contributed by atoms with E-state index >= 15 is 0 Å². The van der Waals surface area contributed by atoms with Crippen LogP contribution in [-0.2, 0) is 12.3 Å². The van der Waals surface area contributed by atoms with Gasteiger partial charge in [-0.3, -0.25) is 0 Å². The minimum absolute atomic E-state index is 0.804. The number of rotatable bonds is 6. The molecular weight excluding hydrogens is 354 g/mol. The lowest BCUT2D eigenvalue weighted by Gasteiger charge is -2.11. The summed E-state index contributed by atoms with van der Waals surface area (Å²) in [5.41, 5.74) is 2.27. The summed E-state index contributed by atoms with van der Waals surface area (Å²) in [5.74, 6) is 2.51. The lowest BCUT2D eigenvalue weighted by molar-refractivity contribution is 0.416. The van der Waals surface area contributed by atoms with Crippen LogP contribution in [0.2, 0.25) is 0 Å². The number of para-hydroxylation sites is 1. The van der Waals surface area contributed by atoms with E-state index < -0.39 is 0 Å². The molecule has 5 heteroatoms. The van der Waals surface area contributed by atoms with E-state index in [4.69, 9.17) is 4.74 Å². The Morgan fingerprint density at radius 1 is 0.926 bits per heavy atom. The van der Waals surface area contributed by atoms with Crippen LogP contribution in [0.15, 0.2) is 71.9 Å². The van der Waals surface area contributed by atoms with Crippen molar-refractivity contribution < 1.29 is 4.74 Å². The maximum absolute atomic E-state index is 5.50. The van der Waals surface area contributed by atoms with Crippen LogP contribution in [-0.4, -0.2) is 21.9 Å². The molecule has 0 spiro atoms. The molecule has 0 radical (unpaired) electrons. The number of fused-ring (bicyclic) bond motifs is 1. The minimum atomic E-state index is 0.804. The van der Waals surface area contributed by atoms with Crippen molar-refractivity contribution in [3.8, 4) is 17.1 Å². The fourth-order valence-corrected chi connectivity index (χ4v) is 4.28. The van der Waals surface area contributed by atoms with Crippen molar-refractivity contribution in [1.29, 1.82) is 0 Å². The molecule has 1 heterocycles. The summed E-state index contributed by atoms with van der Waals surface area (Å²) >= 11 is 1.72. The van der Waals surface area contributed by atoms with Crippen molar-refractivity contribution in [3.05, 3.63) is 72.3 Å². The van der Waals surface area contributed by atoms with Crippen LogP contribution in [0, 0.1) is 0 Å². The first-order chi connectivity index (χ1) is 13.3. The highest BCUT2D eigenvalue weighted by molar-refractivity contribution is 7.98. The van der Waals surface area contributed by atoms with Gasteiger partial charge in [0.15, 0.2) is 11.0 Å². The number of thioether (sulfide) groups is 1. The third-order valence-electron chi connectivity index (χ3n) is 4.62. The summed E-state index contributed by atoms with van der Waals surface area (Å²) < 4.78 is 7.64. The van der Waals surface area contributed by atoms with Gasteiger partial charge in [0, 0.05) is 12.3 Å². The molecular formula is C22H21N3OS. The van der Waals surface area contributed by atoms with E-state index in [0.717, 1.165) is 34.6 Å². The van der Waals surface area contributed by atoms with E-state index in [1.165, 1.54) is 16.3 Å². The van der Waals surface area contributed by atoms with E-state index in [2.05, 4.69) is 64.2 Å². The van der Waals surface area contributed by atoms with Gasteiger partial charge in [-0.25, -0.2) is 0 Å². The summed E-state index contributed by atoms with van der Waals surface area (Å²) in [4.78, 5) is 0. The predicted molar refractivity (Wildman–Crippen MR) is 111 cm³/mol. The maximum Gasteiger partial charge on any atom is 0.191 e. The van der Waals surface area contributed by atoms with Gasteiger partial charge >= 0.3 is 0 Å². The first-order valence-electron chi connectivity index (χ1n) is 8.98. The van der Waals surface area contributed by atoms with Crippen molar-refractivity contribution >= 4 is 22.5 Å². The van der Waals surface area contributed by atoms with E-state index in [9.17, 15) is 0 Å². The molecule has 0 atom stereocenters. The number of nitrogens with zero attached hydrogens (tertiary/aromatic N) is 3. The minimum Gasteiger partial charge on any atom is -0.496 e. The maximum atomic E-state index is 5.50. The van der Waals surface area contributed by atoms with Gasteiger partial charge in [-0.15, -0.1) is 10.2 Å². The van der Waals surface area contributed by atoms with Crippen LogP contribution < -0.4 is 4.74 Å². The molecule has 4 aromatic rings. The molecule has 27 heavy (non-hydrogen) atoms. The predicted octanol–water partition coefficient (Wildman–Crippen LogP) is 5.42. The Morgan fingerprint density at radius 2 is 1.70 bits per heavy atom. The molecule has 0 saturated heterocycles. The Hall–Kier alpha value is -2.79. The highest BCUT2D eigenvalue weighted by atomic mass is 32.2. The number of methoxy groups -OCH3 is 1. The summed E-state index contributed by atoms with van der Waals surface area (Å²) in [6, 6.07) is 22.9. The van der Waals surface area contributed by atoms with E-state index in [0.29, 0.717) is 0 Å². The third-order valence-corrected chi connectivity index (χ3v) is 5.63. The molecule has 4 rings (SSSR count). The van der Waals surface area contributed by atoms with E-state index in [-0.39, 0.29) is 0 Å². The van der Waals surface area contributed by atoms with Crippen LogP contribution in [0.25, 0.3) is 22.2 Å². The average Bonchev–Trinajstić information content (AvgIpc) is 3.14. The second-order valence-corrected chi connectivity index (χ2v) is 7.12. The van der Waals surface area contributed by atoms with Crippen LogP contribution in [0.5, 0.6) is 5.75 Å². The molecule has 0 bridgehead atoms. The van der Waals surface area contributed by atoms with Gasteiger partial charge in [0.2, 0.25) is 0 Å². The SMILES string of the molecule is CCn1c(SCc2cccc3ccccc23)nnc1-c1ccccc1OC. The zero-order valence-corrected chi connectivity index (χ0v) is 16.2. The number of aromatic nitrogens is 3. The quantitative estimate of drug-likeness (QED) is 0.422. The molecule has 0 amide bonds. The molecule has 0 unspecified atom stereocenters. The molecule has 136 valence electrons. The zero-order valence-electron chi connectivity index (χ0n) is 15.4. The molecule has 4 nitrogen and oxygen atoms in total. The molecule has 0 saturated carbocycles. The summed E-state index contributed by atoms with van der Waals surface area (Å²) in [5, 5.41) is 12.4. The average molecular weight is 375 g/mol. The first-order valence-corrected chi connectivity index (χ1v) is 9.96. The van der Waals surface area contributed by atoms with Gasteiger partial charge in [0.05, 0.1) is 12.7 Å². The van der Waals surface area contributed by atoms with Gasteiger partial charge in [-0.1, -0.05) is 66.4 Å². The Bertz CT molecular complexity index is 1070. The second-order valence-electron chi connectivity index (χ2n) is 6.18. The smallest absolute Gasteiger partial charge is 0.191 e. The zero-order chi connectivity index (χ0) is 18.6. The number of hydrogen-bond acceptors (Lipinski definition) is 4. The van der Waals surface area contributed by atoms with Crippen molar-refractivity contribution in [2.24, 2.45) is 0 Å². The molecule has 0 aliphatic heterocycles. The third kappa shape index (κ3) is 3.43. The molecule has 0 fully saturated rings. The van der Waals surface area contributed by atoms with Gasteiger partial charge in [0.1, 0.15) is 5.75 Å². The Balaban J connectivity index is 1.64. The highest BCUT2D eigenvalue weighted by Crippen LogP contribution is 2.32. The van der Waals surface area contributed by atoms with E-state index in [1.807, 2.05) is 24.3 Å². The second kappa shape index (κ2) is 7.84. The van der Waals surface area contributed by atoms with Crippen molar-refractivity contribution in [2.75, 3.05) is 7.11 Å². The van der Waals surface area contributed by atoms with Crippen molar-refractivity contribution in [3.63, 3.8) is 0 Å². The molecule has 0 N–H and O–H groups in total. The van der Waals surface area contributed by atoms with Gasteiger partial charge in [-0.2, -0.15) is 0 Å². The fraction of sp³-hybridized carbons (Fsp3) is 0.182. The van der Waals surface area contributed by atoms with Crippen LogP contribution in [0.4, 0.5) is 0 Å². The number of ether oxygens (including phenoxy) is 1. The lowest BCUT2D eigenvalue weighted by atomic mass is 10.1. The largest absolute Gasteiger partial charge is 0.496 e. The van der Waals surface area contributed by atoms with Gasteiger partial charge in [-0.05, 0) is 35.4 Å². The highest BCUT2D eigenvalue weighted by Gasteiger charge is 2.16. The van der Waals surface area contributed by atoms with Crippen LogP contribution in [0.3, 0.4) is 0 Å². The summed E-state index contributed by atoms with van der Waals surface area (Å²) in [6.07, 6.45) is 0. The molecule has 3 aromatic carbocycles. The lowest BCUT2D eigenvalue weighted by Crippen LogP contribution is -2.01. The van der Waals surface area contributed by atoms with E-state index in [1.54, 1.807) is 18.9 Å². The molecule has 0 aliphatic rings. The Kier molecular flexibility index (Phi) is 5.12. The van der Waals surface area contributed by atoms with Crippen molar-refractivity contribution in [1.82, 2.24) is 14.8 Å². The summed E-state index contributed by atoms with van der Waals surface area (Å²) in [6.45, 7) is 2.92. The van der Waals surface area contributed by atoms with Crippen LogP contribution >= 0.6 is 11.8 Å². The van der Waals surface area contributed by atoms with Crippen molar-refractivity contribution in [2.45, 2.75) is 24.4 Å². The molecule has 1 aromatic heterocycles.